The summed E-state index contributed by atoms with van der Waals surface area (Å²) in [6, 6.07) is 2.91. The number of nitro groups is 1. The van der Waals surface area contributed by atoms with Gasteiger partial charge < -0.3 is 9.84 Å². The highest BCUT2D eigenvalue weighted by atomic mass is 79.9. The van der Waals surface area contributed by atoms with Gasteiger partial charge in [0.2, 0.25) is 5.75 Å². The van der Waals surface area contributed by atoms with Gasteiger partial charge in [-0.2, -0.15) is 0 Å². The number of nitro benzene ring substituents is 1. The molecule has 0 aliphatic carbocycles. The molecule has 0 unspecified atom stereocenters. The van der Waals surface area contributed by atoms with Crippen LogP contribution in [0.2, 0.25) is 0 Å². The monoisotopic (exact) mass is 335 g/mol. The predicted octanol–water partition coefficient (Wildman–Crippen LogP) is 3.54. The van der Waals surface area contributed by atoms with E-state index in [1.165, 1.54) is 24.6 Å². The van der Waals surface area contributed by atoms with Crippen molar-refractivity contribution in [1.29, 1.82) is 0 Å². The Morgan fingerprint density at radius 3 is 2.83 bits per heavy atom. The number of hydrogen-bond acceptors (Lipinski definition) is 4. The molecule has 0 aliphatic heterocycles. The van der Waals surface area contributed by atoms with E-state index in [9.17, 15) is 15.2 Å². The van der Waals surface area contributed by atoms with Crippen molar-refractivity contribution in [3.8, 4) is 5.75 Å². The van der Waals surface area contributed by atoms with Crippen molar-refractivity contribution >= 4 is 33.2 Å². The summed E-state index contributed by atoms with van der Waals surface area (Å²) >= 11 is 8.51. The van der Waals surface area contributed by atoms with Gasteiger partial charge in [0.1, 0.15) is 6.61 Å². The minimum absolute atomic E-state index is 0.0490. The first kappa shape index (κ1) is 14.9. The number of hydrogen-bond donors (Lipinski definition) is 1. The van der Waals surface area contributed by atoms with Crippen LogP contribution in [0.25, 0.3) is 0 Å². The molecule has 0 saturated carbocycles. The summed E-state index contributed by atoms with van der Waals surface area (Å²) in [5.74, 6) is 0.0490. The van der Waals surface area contributed by atoms with Gasteiger partial charge in [-0.1, -0.05) is 27.5 Å². The van der Waals surface area contributed by atoms with Crippen LogP contribution in [0.1, 0.15) is 18.6 Å². The third-order valence-electron chi connectivity index (χ3n) is 2.12. The van der Waals surface area contributed by atoms with Crippen LogP contribution in [0.4, 0.5) is 5.69 Å². The Balaban J connectivity index is 3.27. The van der Waals surface area contributed by atoms with Crippen molar-refractivity contribution in [2.24, 2.45) is 0 Å². The normalized spacial score (nSPS) is 12.7. The highest BCUT2D eigenvalue weighted by Crippen LogP contribution is 2.37. The fraction of sp³-hybridized carbons (Fsp3) is 0.273. The van der Waals surface area contributed by atoms with Crippen molar-refractivity contribution in [3.05, 3.63) is 43.9 Å². The van der Waals surface area contributed by atoms with Crippen molar-refractivity contribution in [2.75, 3.05) is 6.61 Å². The van der Waals surface area contributed by atoms with E-state index in [2.05, 4.69) is 15.9 Å². The zero-order chi connectivity index (χ0) is 13.7. The van der Waals surface area contributed by atoms with Gasteiger partial charge in [0, 0.05) is 21.6 Å². The molecule has 1 atom stereocenters. The maximum atomic E-state index is 11.0. The van der Waals surface area contributed by atoms with Crippen molar-refractivity contribution in [3.63, 3.8) is 0 Å². The average Bonchev–Trinajstić information content (AvgIpc) is 2.30. The lowest BCUT2D eigenvalue weighted by atomic mass is 10.1. The van der Waals surface area contributed by atoms with Crippen LogP contribution in [0.15, 0.2) is 28.2 Å². The molecule has 18 heavy (non-hydrogen) atoms. The molecule has 7 heteroatoms. The zero-order valence-corrected chi connectivity index (χ0v) is 11.8. The Morgan fingerprint density at radius 1 is 1.67 bits per heavy atom. The maximum absolute atomic E-state index is 11.0. The summed E-state index contributed by atoms with van der Waals surface area (Å²) in [6.07, 6.45) is 0.621. The summed E-state index contributed by atoms with van der Waals surface area (Å²) in [5, 5.41) is 20.6. The lowest BCUT2D eigenvalue weighted by molar-refractivity contribution is -0.386. The van der Waals surface area contributed by atoms with E-state index in [0.29, 0.717) is 10.0 Å². The number of rotatable bonds is 5. The van der Waals surface area contributed by atoms with Crippen molar-refractivity contribution in [1.82, 2.24) is 0 Å². The van der Waals surface area contributed by atoms with Crippen molar-refractivity contribution < 1.29 is 14.8 Å². The Labute approximate surface area is 117 Å². The molecule has 0 radical (unpaired) electrons. The average molecular weight is 337 g/mol. The van der Waals surface area contributed by atoms with Gasteiger partial charge in [-0.25, -0.2) is 0 Å². The summed E-state index contributed by atoms with van der Waals surface area (Å²) in [7, 11) is 0. The van der Waals surface area contributed by atoms with Crippen LogP contribution < -0.4 is 4.74 Å². The number of nitrogens with zero attached hydrogens (tertiary/aromatic N) is 1. The molecule has 0 aliphatic rings. The maximum Gasteiger partial charge on any atom is 0.312 e. The molecule has 5 nitrogen and oxygen atoms in total. The Bertz CT molecular complexity index is 476. The molecule has 0 fully saturated rings. The first-order chi connectivity index (χ1) is 8.47. The second-order valence-electron chi connectivity index (χ2n) is 3.45. The molecule has 98 valence electrons. The number of ether oxygens (including phenoxy) is 1. The summed E-state index contributed by atoms with van der Waals surface area (Å²) in [4.78, 5) is 10.4. The van der Waals surface area contributed by atoms with Gasteiger partial charge in [0.15, 0.2) is 0 Å². The lowest BCUT2D eigenvalue weighted by Crippen LogP contribution is -2.04. The van der Waals surface area contributed by atoms with Gasteiger partial charge in [-0.3, -0.25) is 10.1 Å². The molecule has 0 spiro atoms. The Hall–Kier alpha value is -1.11. The third kappa shape index (κ3) is 3.69. The molecule has 0 saturated heterocycles. The minimum atomic E-state index is -0.879. The molecule has 1 aromatic carbocycles. The van der Waals surface area contributed by atoms with E-state index >= 15 is 0 Å². The van der Waals surface area contributed by atoms with E-state index in [4.69, 9.17) is 16.3 Å². The first-order valence-corrected chi connectivity index (χ1v) is 6.24. The number of benzene rings is 1. The molecule has 1 rings (SSSR count). The van der Waals surface area contributed by atoms with Gasteiger partial charge >= 0.3 is 5.69 Å². The zero-order valence-electron chi connectivity index (χ0n) is 9.47. The second kappa shape index (κ2) is 6.72. The van der Waals surface area contributed by atoms with Crippen LogP contribution in [-0.2, 0) is 0 Å². The lowest BCUT2D eigenvalue weighted by Gasteiger charge is -2.13. The predicted molar refractivity (Wildman–Crippen MR) is 71.9 cm³/mol. The molecule has 1 N–H and O–H groups in total. The van der Waals surface area contributed by atoms with Crippen molar-refractivity contribution in [2.45, 2.75) is 13.0 Å². The molecule has 1 aromatic rings. The third-order valence-corrected chi connectivity index (χ3v) is 2.76. The smallest absolute Gasteiger partial charge is 0.312 e. The van der Waals surface area contributed by atoms with Crippen LogP contribution >= 0.6 is 27.5 Å². The number of aliphatic hydroxyl groups is 1. The van der Waals surface area contributed by atoms with Gasteiger partial charge in [-0.15, -0.1) is 0 Å². The fourth-order valence-corrected chi connectivity index (χ4v) is 1.91. The minimum Gasteiger partial charge on any atom is -0.482 e. The molecule has 0 bridgehead atoms. The summed E-state index contributed by atoms with van der Waals surface area (Å²) < 4.78 is 5.80. The van der Waals surface area contributed by atoms with E-state index in [1.54, 1.807) is 6.07 Å². The van der Waals surface area contributed by atoms with Crippen LogP contribution in [-0.4, -0.2) is 16.6 Å². The van der Waals surface area contributed by atoms with Crippen LogP contribution in [0.5, 0.6) is 5.75 Å². The largest absolute Gasteiger partial charge is 0.482 e. The van der Waals surface area contributed by atoms with E-state index < -0.39 is 11.0 Å². The molecular weight excluding hydrogens is 325 g/mol. The van der Waals surface area contributed by atoms with E-state index in [0.717, 1.165) is 0 Å². The molecule has 0 aromatic heterocycles. The number of aliphatic hydroxyl groups excluding tert-OH is 1. The quantitative estimate of drug-likeness (QED) is 0.659. The first-order valence-electron chi connectivity index (χ1n) is 5.01. The topological polar surface area (TPSA) is 72.6 Å². The fourth-order valence-electron chi connectivity index (χ4n) is 1.37. The highest BCUT2D eigenvalue weighted by molar-refractivity contribution is 9.10. The van der Waals surface area contributed by atoms with Gasteiger partial charge in [-0.05, 0) is 19.1 Å². The van der Waals surface area contributed by atoms with E-state index in [-0.39, 0.29) is 18.0 Å². The standard InChI is InChI=1S/C11H11BrClNO4/c1-7(15)9-5-8(12)6-10(14(16)17)11(9)18-4-2-3-13/h2-3,5-7,15H,4H2,1H3/b3-2+/t7-/m1/s1. The SMILES string of the molecule is C[C@@H](O)c1cc(Br)cc([N+](=O)[O-])c1OC/C=C/Cl. The van der Waals surface area contributed by atoms with Gasteiger partial charge in [0.25, 0.3) is 0 Å². The van der Waals surface area contributed by atoms with Gasteiger partial charge in [0.05, 0.1) is 11.0 Å². The van der Waals surface area contributed by atoms with Crippen LogP contribution in [0, 0.1) is 10.1 Å². The van der Waals surface area contributed by atoms with Crippen LogP contribution in [0.3, 0.4) is 0 Å². The molecular formula is C11H11BrClNO4. The second-order valence-corrected chi connectivity index (χ2v) is 4.62. The Kier molecular flexibility index (Phi) is 5.58. The Morgan fingerprint density at radius 2 is 2.33 bits per heavy atom. The highest BCUT2D eigenvalue weighted by Gasteiger charge is 2.22. The summed E-state index contributed by atoms with van der Waals surface area (Å²) in [6.45, 7) is 1.60. The number of halogens is 2. The van der Waals surface area contributed by atoms with E-state index in [1.807, 2.05) is 0 Å². The summed E-state index contributed by atoms with van der Waals surface area (Å²) in [5.41, 5.74) is 1.40. The molecule has 0 amide bonds. The molecule has 0 heterocycles.